The van der Waals surface area contributed by atoms with Crippen molar-refractivity contribution in [3.05, 3.63) is 35.9 Å². The zero-order chi connectivity index (χ0) is 13.1. The Morgan fingerprint density at radius 3 is 2.83 bits per heavy atom. The molecule has 2 rings (SSSR count). The molecule has 0 spiro atoms. The van der Waals surface area contributed by atoms with E-state index in [0.717, 1.165) is 12.6 Å². The predicted molar refractivity (Wildman–Crippen MR) is 67.3 cm³/mol. The van der Waals surface area contributed by atoms with Crippen LogP contribution in [-0.2, 0) is 0 Å². The van der Waals surface area contributed by atoms with Crippen LogP contribution in [-0.4, -0.2) is 16.7 Å². The molecule has 96 valence electrons. The molecule has 0 aliphatic heterocycles. The molecule has 5 heteroatoms. The lowest BCUT2D eigenvalue weighted by molar-refractivity contribution is 0.511. The van der Waals surface area contributed by atoms with Gasteiger partial charge in [-0.05, 0) is 18.1 Å². The maximum atomic E-state index is 13.6. The molecule has 1 heterocycles. The van der Waals surface area contributed by atoms with Gasteiger partial charge in [0.15, 0.2) is 11.6 Å². The van der Waals surface area contributed by atoms with Gasteiger partial charge in [0.05, 0.1) is 5.69 Å². The van der Waals surface area contributed by atoms with Crippen molar-refractivity contribution in [1.29, 1.82) is 0 Å². The number of H-pyrrole nitrogens is 1. The summed E-state index contributed by atoms with van der Waals surface area (Å²) in [6.07, 6.45) is 0. The minimum atomic E-state index is -0.864. The number of benzene rings is 1. The van der Waals surface area contributed by atoms with Crippen LogP contribution in [0, 0.1) is 17.6 Å². The largest absolute Gasteiger partial charge is 0.368 e. The summed E-state index contributed by atoms with van der Waals surface area (Å²) >= 11 is 0. The van der Waals surface area contributed by atoms with Crippen molar-refractivity contribution in [1.82, 2.24) is 10.2 Å². The van der Waals surface area contributed by atoms with Crippen LogP contribution in [0.3, 0.4) is 0 Å². The fourth-order valence-electron chi connectivity index (χ4n) is 1.57. The number of nitrogens with zero attached hydrogens (tertiary/aromatic N) is 1. The summed E-state index contributed by atoms with van der Waals surface area (Å²) in [7, 11) is 0. The molecule has 0 saturated carbocycles. The summed E-state index contributed by atoms with van der Waals surface area (Å²) in [6, 6.07) is 5.74. The van der Waals surface area contributed by atoms with Gasteiger partial charge in [0.1, 0.15) is 5.82 Å². The second kappa shape index (κ2) is 5.16. The lowest BCUT2D eigenvalue weighted by Gasteiger charge is -2.04. The highest BCUT2D eigenvalue weighted by Crippen LogP contribution is 2.24. The van der Waals surface area contributed by atoms with Crippen LogP contribution < -0.4 is 5.32 Å². The second-order valence-corrected chi connectivity index (χ2v) is 4.54. The Bertz CT molecular complexity index is 535. The molecule has 0 saturated heterocycles. The Morgan fingerprint density at radius 1 is 1.33 bits per heavy atom. The molecule has 0 bridgehead atoms. The smallest absolute Gasteiger partial charge is 0.168 e. The van der Waals surface area contributed by atoms with Crippen LogP contribution in [0.15, 0.2) is 24.3 Å². The number of nitrogens with one attached hydrogen (secondary N) is 2. The number of anilines is 1. The van der Waals surface area contributed by atoms with Gasteiger partial charge in [0.25, 0.3) is 0 Å². The zero-order valence-corrected chi connectivity index (χ0v) is 10.3. The average molecular weight is 251 g/mol. The second-order valence-electron chi connectivity index (χ2n) is 4.54. The van der Waals surface area contributed by atoms with Crippen molar-refractivity contribution in [2.75, 3.05) is 11.9 Å². The van der Waals surface area contributed by atoms with E-state index in [-0.39, 0.29) is 5.56 Å². The first-order valence-electron chi connectivity index (χ1n) is 5.81. The first-order chi connectivity index (χ1) is 8.58. The highest BCUT2D eigenvalue weighted by Gasteiger charge is 2.12. The van der Waals surface area contributed by atoms with E-state index in [2.05, 4.69) is 29.4 Å². The quantitative estimate of drug-likeness (QED) is 0.874. The summed E-state index contributed by atoms with van der Waals surface area (Å²) in [5.41, 5.74) is 0.637. The van der Waals surface area contributed by atoms with E-state index < -0.39 is 11.6 Å². The molecule has 0 amide bonds. The topological polar surface area (TPSA) is 40.7 Å². The molecule has 0 radical (unpaired) electrons. The Labute approximate surface area is 104 Å². The molecule has 0 aliphatic carbocycles. The minimum Gasteiger partial charge on any atom is -0.368 e. The SMILES string of the molecule is CC(C)CNc1cc(-c2cccc(F)c2F)[nH]n1. The third-order valence-corrected chi connectivity index (χ3v) is 2.51. The van der Waals surface area contributed by atoms with E-state index in [4.69, 9.17) is 0 Å². The number of halogens is 2. The standard InChI is InChI=1S/C13H15F2N3/c1-8(2)7-16-12-6-11(17-18-12)9-4-3-5-10(14)13(9)15/h3-6,8H,7H2,1-2H3,(H2,16,17,18). The molecule has 2 N–H and O–H groups in total. The first kappa shape index (κ1) is 12.5. The molecular weight excluding hydrogens is 236 g/mol. The molecule has 1 aromatic heterocycles. The van der Waals surface area contributed by atoms with Crippen LogP contribution in [0.25, 0.3) is 11.3 Å². The van der Waals surface area contributed by atoms with Crippen LogP contribution in [0.4, 0.5) is 14.6 Å². The number of hydrogen-bond donors (Lipinski definition) is 2. The Kier molecular flexibility index (Phi) is 3.60. The fraction of sp³-hybridized carbons (Fsp3) is 0.308. The maximum Gasteiger partial charge on any atom is 0.168 e. The van der Waals surface area contributed by atoms with Crippen LogP contribution >= 0.6 is 0 Å². The van der Waals surface area contributed by atoms with Gasteiger partial charge in [-0.1, -0.05) is 19.9 Å². The molecule has 0 aliphatic rings. The Morgan fingerprint density at radius 2 is 2.11 bits per heavy atom. The van der Waals surface area contributed by atoms with Crippen molar-refractivity contribution in [2.45, 2.75) is 13.8 Å². The van der Waals surface area contributed by atoms with Crippen LogP contribution in [0.2, 0.25) is 0 Å². The first-order valence-corrected chi connectivity index (χ1v) is 5.81. The summed E-state index contributed by atoms with van der Waals surface area (Å²) in [4.78, 5) is 0. The van der Waals surface area contributed by atoms with E-state index in [1.165, 1.54) is 12.1 Å². The molecule has 3 nitrogen and oxygen atoms in total. The molecule has 2 aromatic rings. The van der Waals surface area contributed by atoms with E-state index in [1.807, 2.05) is 0 Å². The van der Waals surface area contributed by atoms with E-state index in [0.29, 0.717) is 17.4 Å². The third kappa shape index (κ3) is 2.67. The molecule has 0 atom stereocenters. The van der Waals surface area contributed by atoms with Crippen LogP contribution in [0.1, 0.15) is 13.8 Å². The molecule has 0 unspecified atom stereocenters. The highest BCUT2D eigenvalue weighted by molar-refractivity contribution is 5.63. The lowest BCUT2D eigenvalue weighted by atomic mass is 10.1. The van der Waals surface area contributed by atoms with Crippen molar-refractivity contribution in [3.63, 3.8) is 0 Å². The van der Waals surface area contributed by atoms with Gasteiger partial charge in [-0.25, -0.2) is 8.78 Å². The van der Waals surface area contributed by atoms with Gasteiger partial charge in [-0.2, -0.15) is 5.10 Å². The van der Waals surface area contributed by atoms with Crippen molar-refractivity contribution >= 4 is 5.82 Å². The third-order valence-electron chi connectivity index (χ3n) is 2.51. The van der Waals surface area contributed by atoms with Crippen LogP contribution in [0.5, 0.6) is 0 Å². The monoisotopic (exact) mass is 251 g/mol. The van der Waals surface area contributed by atoms with Gasteiger partial charge < -0.3 is 5.32 Å². The Hall–Kier alpha value is -1.91. The van der Waals surface area contributed by atoms with Gasteiger partial charge in [0.2, 0.25) is 0 Å². The van der Waals surface area contributed by atoms with Crippen molar-refractivity contribution < 1.29 is 8.78 Å². The predicted octanol–water partition coefficient (Wildman–Crippen LogP) is 3.42. The lowest BCUT2D eigenvalue weighted by Crippen LogP contribution is -2.07. The molecular formula is C13H15F2N3. The summed E-state index contributed by atoms with van der Waals surface area (Å²) in [6.45, 7) is 4.93. The number of aromatic amines is 1. The van der Waals surface area contributed by atoms with Crippen molar-refractivity contribution in [2.24, 2.45) is 5.92 Å². The zero-order valence-electron chi connectivity index (χ0n) is 10.3. The maximum absolute atomic E-state index is 13.6. The van der Waals surface area contributed by atoms with Gasteiger partial charge in [-0.15, -0.1) is 0 Å². The molecule has 18 heavy (non-hydrogen) atoms. The van der Waals surface area contributed by atoms with E-state index in [9.17, 15) is 8.78 Å². The van der Waals surface area contributed by atoms with Crippen molar-refractivity contribution in [3.8, 4) is 11.3 Å². The Balaban J connectivity index is 2.21. The normalized spacial score (nSPS) is 10.9. The summed E-state index contributed by atoms with van der Waals surface area (Å²) in [5.74, 6) is -0.617. The van der Waals surface area contributed by atoms with Gasteiger partial charge >= 0.3 is 0 Å². The summed E-state index contributed by atoms with van der Waals surface area (Å²) < 4.78 is 26.7. The van der Waals surface area contributed by atoms with Gasteiger partial charge in [0, 0.05) is 18.2 Å². The van der Waals surface area contributed by atoms with E-state index in [1.54, 1.807) is 6.07 Å². The average Bonchev–Trinajstić information content (AvgIpc) is 2.78. The molecule has 0 fully saturated rings. The number of hydrogen-bond acceptors (Lipinski definition) is 2. The van der Waals surface area contributed by atoms with E-state index >= 15 is 0 Å². The summed E-state index contributed by atoms with van der Waals surface area (Å²) in [5, 5.41) is 9.81. The minimum absolute atomic E-state index is 0.181. The molecule has 1 aromatic carbocycles. The number of rotatable bonds is 4. The number of aromatic nitrogens is 2. The fourth-order valence-corrected chi connectivity index (χ4v) is 1.57. The highest BCUT2D eigenvalue weighted by atomic mass is 19.2. The van der Waals surface area contributed by atoms with Gasteiger partial charge in [-0.3, -0.25) is 5.10 Å².